The number of ether oxygens (including phenoxy) is 3. The predicted octanol–water partition coefficient (Wildman–Crippen LogP) is 1.98. The van der Waals surface area contributed by atoms with Gasteiger partial charge in [-0.25, -0.2) is 4.39 Å². The Balaban J connectivity index is 2.39. The van der Waals surface area contributed by atoms with Crippen LogP contribution >= 0.6 is 0 Å². The predicted molar refractivity (Wildman–Crippen MR) is 65.0 cm³/mol. The van der Waals surface area contributed by atoms with Crippen molar-refractivity contribution in [3.8, 4) is 0 Å². The van der Waals surface area contributed by atoms with Crippen molar-refractivity contribution in [1.29, 1.82) is 0 Å². The van der Waals surface area contributed by atoms with Crippen LogP contribution in [-0.4, -0.2) is 38.1 Å². The molecule has 0 aliphatic heterocycles. The number of alkyl halides is 1. The highest BCUT2D eigenvalue weighted by atomic mass is 19.1. The molecule has 0 radical (unpaired) electrons. The van der Waals surface area contributed by atoms with E-state index in [1.807, 2.05) is 0 Å². The zero-order chi connectivity index (χ0) is 14.1. The average Bonchev–Trinajstić information content (AvgIpc) is 2.42. The summed E-state index contributed by atoms with van der Waals surface area (Å²) < 4.78 is 27.1. The Morgan fingerprint density at radius 2 is 2.00 bits per heavy atom. The van der Waals surface area contributed by atoms with E-state index in [9.17, 15) is 14.0 Å². The van der Waals surface area contributed by atoms with E-state index in [-0.39, 0.29) is 31.6 Å². The summed E-state index contributed by atoms with van der Waals surface area (Å²) in [4.78, 5) is 22.1. The molecule has 1 fully saturated rings. The molecule has 0 heterocycles. The minimum absolute atomic E-state index is 0.102. The van der Waals surface area contributed by atoms with Crippen molar-refractivity contribution >= 4 is 12.4 Å². The first-order chi connectivity index (χ1) is 9.13. The van der Waals surface area contributed by atoms with Gasteiger partial charge in [0.2, 0.25) is 0 Å². The lowest BCUT2D eigenvalue weighted by Crippen LogP contribution is -2.32. The van der Waals surface area contributed by atoms with Gasteiger partial charge >= 0.3 is 5.97 Å². The monoisotopic (exact) mass is 276 g/mol. The summed E-state index contributed by atoms with van der Waals surface area (Å²) in [5.74, 6) is -0.412. The second-order valence-electron chi connectivity index (χ2n) is 4.70. The second kappa shape index (κ2) is 8.85. The Labute approximate surface area is 112 Å². The van der Waals surface area contributed by atoms with E-state index >= 15 is 0 Å². The van der Waals surface area contributed by atoms with Crippen molar-refractivity contribution in [2.45, 2.75) is 51.5 Å². The summed E-state index contributed by atoms with van der Waals surface area (Å²) in [6.45, 7) is 1.26. The molecule has 0 spiro atoms. The van der Waals surface area contributed by atoms with Gasteiger partial charge in [0.05, 0.1) is 12.5 Å². The van der Waals surface area contributed by atoms with Gasteiger partial charge in [-0.2, -0.15) is 0 Å². The molecule has 1 aliphatic rings. The van der Waals surface area contributed by atoms with Crippen LogP contribution in [-0.2, 0) is 23.8 Å². The Morgan fingerprint density at radius 1 is 1.32 bits per heavy atom. The molecule has 110 valence electrons. The lowest BCUT2D eigenvalue weighted by Gasteiger charge is -2.23. The van der Waals surface area contributed by atoms with Crippen molar-refractivity contribution in [2.75, 3.05) is 13.2 Å². The first-order valence-corrected chi connectivity index (χ1v) is 6.65. The maximum atomic E-state index is 12.6. The molecule has 2 atom stereocenters. The molecule has 0 N–H and O–H groups in total. The molecular weight excluding hydrogens is 255 g/mol. The third kappa shape index (κ3) is 6.52. The van der Waals surface area contributed by atoms with E-state index in [1.54, 1.807) is 0 Å². The number of rotatable bonds is 8. The van der Waals surface area contributed by atoms with Crippen LogP contribution in [0.15, 0.2) is 0 Å². The lowest BCUT2D eigenvalue weighted by atomic mass is 9.89. The quantitative estimate of drug-likeness (QED) is 0.501. The van der Waals surface area contributed by atoms with Gasteiger partial charge < -0.3 is 14.2 Å². The average molecular weight is 276 g/mol. The topological polar surface area (TPSA) is 61.8 Å². The number of hydrogen-bond acceptors (Lipinski definition) is 5. The van der Waals surface area contributed by atoms with Crippen LogP contribution in [0.1, 0.15) is 39.0 Å². The minimum Gasteiger partial charge on any atom is -0.464 e. The maximum Gasteiger partial charge on any atom is 0.309 e. The number of carbonyl (C=O) groups excluding carboxylic acids is 2. The fourth-order valence-corrected chi connectivity index (χ4v) is 2.10. The number of esters is 1. The van der Waals surface area contributed by atoms with Crippen LogP contribution in [0, 0.1) is 5.92 Å². The van der Waals surface area contributed by atoms with Gasteiger partial charge in [0.25, 0.3) is 6.47 Å². The smallest absolute Gasteiger partial charge is 0.309 e. The molecule has 0 aromatic carbocycles. The Bertz CT molecular complexity index is 276. The summed E-state index contributed by atoms with van der Waals surface area (Å²) in [5.41, 5.74) is 0. The van der Waals surface area contributed by atoms with Crippen LogP contribution in [0.5, 0.6) is 0 Å². The first-order valence-electron chi connectivity index (χ1n) is 6.65. The molecule has 6 heteroatoms. The molecule has 0 bridgehead atoms. The van der Waals surface area contributed by atoms with E-state index in [0.29, 0.717) is 0 Å². The van der Waals surface area contributed by atoms with Gasteiger partial charge in [0.15, 0.2) is 12.5 Å². The van der Waals surface area contributed by atoms with Crippen LogP contribution in [0.25, 0.3) is 0 Å². The fourth-order valence-electron chi connectivity index (χ4n) is 2.10. The molecule has 19 heavy (non-hydrogen) atoms. The fraction of sp³-hybridized carbons (Fsp3) is 0.846. The van der Waals surface area contributed by atoms with Crippen molar-refractivity contribution < 1.29 is 28.2 Å². The zero-order valence-electron chi connectivity index (χ0n) is 11.2. The highest BCUT2D eigenvalue weighted by Crippen LogP contribution is 2.25. The summed E-state index contributed by atoms with van der Waals surface area (Å²) in [7, 11) is 0. The highest BCUT2D eigenvalue weighted by Gasteiger charge is 2.26. The first kappa shape index (κ1) is 15.9. The van der Waals surface area contributed by atoms with Gasteiger partial charge in [0, 0.05) is 0 Å². The molecule has 0 saturated heterocycles. The van der Waals surface area contributed by atoms with Gasteiger partial charge in [-0.3, -0.25) is 9.59 Å². The third-order valence-electron chi connectivity index (χ3n) is 3.08. The number of carbonyl (C=O) groups is 2. The van der Waals surface area contributed by atoms with Crippen molar-refractivity contribution in [3.63, 3.8) is 0 Å². The van der Waals surface area contributed by atoms with Crippen molar-refractivity contribution in [3.05, 3.63) is 0 Å². The van der Waals surface area contributed by atoms with E-state index in [2.05, 4.69) is 4.74 Å². The summed E-state index contributed by atoms with van der Waals surface area (Å²) >= 11 is 0. The molecule has 1 rings (SSSR count). The Hall–Kier alpha value is -1.17. The van der Waals surface area contributed by atoms with Gasteiger partial charge in [0.1, 0.15) is 6.61 Å². The van der Waals surface area contributed by atoms with Gasteiger partial charge in [-0.05, 0) is 19.8 Å². The molecule has 0 aromatic heterocycles. The standard InChI is InChI=1S/C13H21FO5/c1-10(14)18-8-12(7-17-9-15)19-13(16)11-5-3-2-4-6-11/h9-12H,2-8H2,1H3. The molecule has 1 aliphatic carbocycles. The molecule has 5 nitrogen and oxygen atoms in total. The normalized spacial score (nSPS) is 19.5. The number of halogens is 1. The van der Waals surface area contributed by atoms with Crippen LogP contribution in [0.4, 0.5) is 4.39 Å². The van der Waals surface area contributed by atoms with Crippen molar-refractivity contribution in [2.24, 2.45) is 5.92 Å². The Kier molecular flexibility index (Phi) is 7.40. The lowest BCUT2D eigenvalue weighted by molar-refractivity contribution is -0.167. The molecule has 0 aromatic rings. The van der Waals surface area contributed by atoms with E-state index in [0.717, 1.165) is 32.1 Å². The largest absolute Gasteiger partial charge is 0.464 e. The third-order valence-corrected chi connectivity index (χ3v) is 3.08. The maximum absolute atomic E-state index is 12.6. The number of hydrogen-bond donors (Lipinski definition) is 0. The molecule has 1 saturated carbocycles. The molecule has 0 amide bonds. The van der Waals surface area contributed by atoms with Crippen LogP contribution < -0.4 is 0 Å². The second-order valence-corrected chi connectivity index (χ2v) is 4.70. The van der Waals surface area contributed by atoms with Crippen molar-refractivity contribution in [1.82, 2.24) is 0 Å². The summed E-state index contributed by atoms with van der Waals surface area (Å²) in [6.07, 6.45) is 2.62. The summed E-state index contributed by atoms with van der Waals surface area (Å²) in [5, 5.41) is 0. The SMILES string of the molecule is CC(F)OCC(COC=O)OC(=O)C1CCCCC1. The van der Waals surface area contributed by atoms with E-state index < -0.39 is 12.5 Å². The van der Waals surface area contributed by atoms with Crippen LogP contribution in [0.3, 0.4) is 0 Å². The van der Waals surface area contributed by atoms with E-state index in [4.69, 9.17) is 9.47 Å². The zero-order valence-corrected chi connectivity index (χ0v) is 11.2. The molecule has 2 unspecified atom stereocenters. The van der Waals surface area contributed by atoms with Crippen LogP contribution in [0.2, 0.25) is 0 Å². The van der Waals surface area contributed by atoms with E-state index in [1.165, 1.54) is 6.92 Å². The Morgan fingerprint density at radius 3 is 2.58 bits per heavy atom. The summed E-state index contributed by atoms with van der Waals surface area (Å²) in [6, 6.07) is 0. The minimum atomic E-state index is -1.45. The van der Waals surface area contributed by atoms with Gasteiger partial charge in [-0.1, -0.05) is 19.3 Å². The van der Waals surface area contributed by atoms with Gasteiger partial charge in [-0.15, -0.1) is 0 Å². The highest BCUT2D eigenvalue weighted by molar-refractivity contribution is 5.72. The molecular formula is C13H21FO5.